The fourth-order valence-corrected chi connectivity index (χ4v) is 5.42. The Labute approximate surface area is 171 Å². The van der Waals surface area contributed by atoms with Crippen molar-refractivity contribution in [3.05, 3.63) is 35.4 Å². The highest BCUT2D eigenvalue weighted by molar-refractivity contribution is 7.80. The number of Topliss-reactive ketones (excluding diaryl/α,β-unsaturated/α-hetero) is 1. The fraction of sp³-hybridized carbons (Fsp3) is 0.591. The molecule has 0 aromatic heterocycles. The van der Waals surface area contributed by atoms with Crippen LogP contribution in [0.3, 0.4) is 0 Å². The zero-order valence-corrected chi connectivity index (χ0v) is 16.9. The van der Waals surface area contributed by atoms with E-state index in [1.165, 1.54) is 11.1 Å². The Kier molecular flexibility index (Phi) is 5.90. The van der Waals surface area contributed by atoms with E-state index in [4.69, 9.17) is 12.2 Å². The molecule has 0 radical (unpaired) electrons. The smallest absolute Gasteiger partial charge is 0.241 e. The summed E-state index contributed by atoms with van der Waals surface area (Å²) in [6.45, 7) is 1.06. The molecule has 1 aromatic rings. The first kappa shape index (κ1) is 19.7. The van der Waals surface area contributed by atoms with Crippen molar-refractivity contribution in [2.75, 3.05) is 19.7 Å². The summed E-state index contributed by atoms with van der Waals surface area (Å²) < 4.78 is 0. The SMILES string of the molecule is O=C(C[C@H]1CCc2ccccc2C1)C1C(=S)CN[C@@H]1C(=O)N1CCC[C@H]1CO. The third-order valence-corrected chi connectivity index (χ3v) is 7.00. The van der Waals surface area contributed by atoms with Gasteiger partial charge in [-0.15, -0.1) is 0 Å². The molecule has 2 N–H and O–H groups in total. The van der Waals surface area contributed by atoms with E-state index in [-0.39, 0.29) is 24.3 Å². The molecule has 3 aliphatic rings. The first-order valence-electron chi connectivity index (χ1n) is 10.4. The van der Waals surface area contributed by atoms with E-state index in [0.717, 1.165) is 32.1 Å². The molecule has 6 heteroatoms. The summed E-state index contributed by atoms with van der Waals surface area (Å²) >= 11 is 5.47. The molecule has 2 aliphatic heterocycles. The standard InChI is InChI=1S/C22H28N2O3S/c25-13-17-6-3-9-24(17)22(27)21-20(19(28)12-23-21)18(26)11-14-7-8-15-4-1-2-5-16(15)10-14/h1-2,4-5,14,17,20-21,23,25H,3,6-13H2/t14-,17-,20?,21-/m0/s1. The van der Waals surface area contributed by atoms with Crippen LogP contribution in [0.2, 0.25) is 0 Å². The van der Waals surface area contributed by atoms with Gasteiger partial charge in [0.05, 0.1) is 18.6 Å². The zero-order chi connectivity index (χ0) is 19.7. The van der Waals surface area contributed by atoms with Crippen LogP contribution < -0.4 is 5.32 Å². The number of thiocarbonyl (C=S) groups is 1. The molecule has 4 rings (SSSR count). The number of fused-ring (bicyclic) bond motifs is 1. The van der Waals surface area contributed by atoms with Gasteiger partial charge in [0.15, 0.2) is 0 Å². The molecule has 28 heavy (non-hydrogen) atoms. The average Bonchev–Trinajstić information content (AvgIpc) is 3.33. The van der Waals surface area contributed by atoms with Crippen molar-refractivity contribution >= 4 is 28.8 Å². The van der Waals surface area contributed by atoms with Gasteiger partial charge in [0.1, 0.15) is 11.8 Å². The lowest BCUT2D eigenvalue weighted by Crippen LogP contribution is -2.50. The van der Waals surface area contributed by atoms with E-state index >= 15 is 0 Å². The molecule has 4 atom stereocenters. The third-order valence-electron chi connectivity index (χ3n) is 6.60. The van der Waals surface area contributed by atoms with Gasteiger partial charge in [0, 0.05) is 24.4 Å². The predicted molar refractivity (Wildman–Crippen MR) is 111 cm³/mol. The second kappa shape index (κ2) is 8.39. The molecule has 1 aromatic carbocycles. The summed E-state index contributed by atoms with van der Waals surface area (Å²) in [6, 6.07) is 7.76. The number of hydrogen-bond donors (Lipinski definition) is 2. The number of ketones is 1. The lowest BCUT2D eigenvalue weighted by atomic mass is 9.79. The number of aliphatic hydroxyl groups excluding tert-OH is 1. The van der Waals surface area contributed by atoms with E-state index in [1.54, 1.807) is 4.90 Å². The minimum Gasteiger partial charge on any atom is -0.394 e. The van der Waals surface area contributed by atoms with Crippen LogP contribution in [0.1, 0.15) is 36.8 Å². The number of aryl methyl sites for hydroxylation is 1. The topological polar surface area (TPSA) is 69.6 Å². The molecule has 1 aliphatic carbocycles. The minimum atomic E-state index is -0.567. The first-order valence-corrected chi connectivity index (χ1v) is 10.8. The number of benzene rings is 1. The summed E-state index contributed by atoms with van der Waals surface area (Å²) in [5, 5.41) is 12.7. The number of carbonyl (C=O) groups excluding carboxylic acids is 2. The number of nitrogens with zero attached hydrogens (tertiary/aromatic N) is 1. The Balaban J connectivity index is 1.43. The largest absolute Gasteiger partial charge is 0.394 e. The van der Waals surface area contributed by atoms with Gasteiger partial charge in [-0.05, 0) is 49.1 Å². The molecule has 2 fully saturated rings. The number of hydrogen-bond acceptors (Lipinski definition) is 5. The normalized spacial score (nSPS) is 29.8. The number of likely N-dealkylation sites (tertiary alicyclic amines) is 1. The van der Waals surface area contributed by atoms with Crippen molar-refractivity contribution in [2.24, 2.45) is 11.8 Å². The second-order valence-corrected chi connectivity index (χ2v) is 8.89. The van der Waals surface area contributed by atoms with Gasteiger partial charge in [-0.3, -0.25) is 9.59 Å². The lowest BCUT2D eigenvalue weighted by molar-refractivity contribution is -0.138. The molecule has 2 saturated heterocycles. The van der Waals surface area contributed by atoms with Gasteiger partial charge in [-0.2, -0.15) is 0 Å². The number of amides is 1. The maximum atomic E-state index is 13.2. The molecule has 0 bridgehead atoms. The molecule has 150 valence electrons. The Bertz CT molecular complexity index is 781. The van der Waals surface area contributed by atoms with Crippen molar-refractivity contribution in [1.82, 2.24) is 10.2 Å². The van der Waals surface area contributed by atoms with Crippen LogP contribution in [-0.4, -0.2) is 58.3 Å². The lowest BCUT2D eigenvalue weighted by Gasteiger charge is -2.29. The van der Waals surface area contributed by atoms with Crippen LogP contribution >= 0.6 is 12.2 Å². The molecule has 1 amide bonds. The fourth-order valence-electron chi connectivity index (χ4n) is 5.07. The zero-order valence-electron chi connectivity index (χ0n) is 16.1. The Morgan fingerprint density at radius 3 is 2.79 bits per heavy atom. The van der Waals surface area contributed by atoms with Crippen LogP contribution in [0.4, 0.5) is 0 Å². The van der Waals surface area contributed by atoms with E-state index in [9.17, 15) is 14.7 Å². The quantitative estimate of drug-likeness (QED) is 0.736. The highest BCUT2D eigenvalue weighted by Crippen LogP contribution is 2.30. The van der Waals surface area contributed by atoms with Gasteiger partial charge in [0.25, 0.3) is 0 Å². The number of rotatable bonds is 5. The van der Waals surface area contributed by atoms with Gasteiger partial charge in [0.2, 0.25) is 5.91 Å². The van der Waals surface area contributed by atoms with E-state index in [0.29, 0.717) is 30.3 Å². The Morgan fingerprint density at radius 1 is 1.21 bits per heavy atom. The molecular formula is C22H28N2O3S. The number of carbonyl (C=O) groups is 2. The van der Waals surface area contributed by atoms with Gasteiger partial charge in [-0.25, -0.2) is 0 Å². The highest BCUT2D eigenvalue weighted by Gasteiger charge is 2.44. The van der Waals surface area contributed by atoms with Crippen LogP contribution in [0.15, 0.2) is 24.3 Å². The highest BCUT2D eigenvalue weighted by atomic mass is 32.1. The van der Waals surface area contributed by atoms with Crippen molar-refractivity contribution in [2.45, 2.75) is 50.6 Å². The van der Waals surface area contributed by atoms with Crippen molar-refractivity contribution in [1.29, 1.82) is 0 Å². The van der Waals surface area contributed by atoms with Gasteiger partial charge in [-0.1, -0.05) is 36.5 Å². The third kappa shape index (κ3) is 3.78. The molecule has 5 nitrogen and oxygen atoms in total. The van der Waals surface area contributed by atoms with E-state index in [2.05, 4.69) is 29.6 Å². The Hall–Kier alpha value is -1.63. The molecule has 1 unspecified atom stereocenters. The molecular weight excluding hydrogens is 372 g/mol. The summed E-state index contributed by atoms with van der Waals surface area (Å²) in [6.07, 6.45) is 5.14. The second-order valence-electron chi connectivity index (χ2n) is 8.36. The maximum Gasteiger partial charge on any atom is 0.241 e. The predicted octanol–water partition coefficient (Wildman–Crippen LogP) is 1.69. The average molecular weight is 401 g/mol. The first-order chi connectivity index (χ1) is 13.6. The van der Waals surface area contributed by atoms with Crippen molar-refractivity contribution in [3.63, 3.8) is 0 Å². The Morgan fingerprint density at radius 2 is 2.00 bits per heavy atom. The minimum absolute atomic E-state index is 0.0248. The van der Waals surface area contributed by atoms with Crippen molar-refractivity contribution in [3.8, 4) is 0 Å². The van der Waals surface area contributed by atoms with Gasteiger partial charge >= 0.3 is 0 Å². The summed E-state index contributed by atoms with van der Waals surface area (Å²) in [5.74, 6) is -0.181. The van der Waals surface area contributed by atoms with E-state index in [1.807, 2.05) is 0 Å². The van der Waals surface area contributed by atoms with Crippen LogP contribution in [-0.2, 0) is 22.4 Å². The summed E-state index contributed by atoms with van der Waals surface area (Å²) in [7, 11) is 0. The summed E-state index contributed by atoms with van der Waals surface area (Å²) in [4.78, 5) is 28.6. The molecule has 0 spiro atoms. The van der Waals surface area contributed by atoms with Crippen LogP contribution in [0.25, 0.3) is 0 Å². The summed E-state index contributed by atoms with van der Waals surface area (Å²) in [5.41, 5.74) is 2.73. The van der Waals surface area contributed by atoms with E-state index < -0.39 is 12.0 Å². The van der Waals surface area contributed by atoms with Crippen LogP contribution in [0, 0.1) is 11.8 Å². The molecule has 2 heterocycles. The van der Waals surface area contributed by atoms with Gasteiger partial charge < -0.3 is 15.3 Å². The monoisotopic (exact) mass is 400 g/mol. The van der Waals surface area contributed by atoms with Crippen molar-refractivity contribution < 1.29 is 14.7 Å². The molecule has 0 saturated carbocycles. The number of aliphatic hydroxyl groups is 1. The maximum absolute atomic E-state index is 13.2. The van der Waals surface area contributed by atoms with Crippen LogP contribution in [0.5, 0.6) is 0 Å². The number of nitrogens with one attached hydrogen (secondary N) is 1.